The number of rotatable bonds is 7. The minimum atomic E-state index is -0.694. The minimum absolute atomic E-state index is 0.110. The monoisotopic (exact) mass is 515 g/mol. The molecule has 4 N–H and O–H groups in total. The van der Waals surface area contributed by atoms with E-state index in [4.69, 9.17) is 35.2 Å². The Kier molecular flexibility index (Phi) is 8.36. The van der Waals surface area contributed by atoms with Crippen molar-refractivity contribution in [3.63, 3.8) is 0 Å². The van der Waals surface area contributed by atoms with Crippen molar-refractivity contribution in [2.75, 3.05) is 38.8 Å². The number of nitrogens with zero attached hydrogens (tertiary/aromatic N) is 1. The Morgan fingerprint density at radius 3 is 2.00 bits per heavy atom. The Bertz CT molecular complexity index is 1160. The van der Waals surface area contributed by atoms with Gasteiger partial charge in [-0.15, -0.1) is 0 Å². The van der Waals surface area contributed by atoms with Gasteiger partial charge >= 0.3 is 18.0 Å². The van der Waals surface area contributed by atoms with Gasteiger partial charge in [-0.2, -0.15) is 0 Å². The number of nitrogens with two attached hydrogens (primary N) is 2. The quantitative estimate of drug-likeness (QED) is 0.319. The van der Waals surface area contributed by atoms with Gasteiger partial charge in [-0.1, -0.05) is 0 Å². The van der Waals surface area contributed by atoms with Crippen molar-refractivity contribution in [3.8, 4) is 11.5 Å². The number of carbonyl (C=O) groups excluding carboxylic acids is 3. The van der Waals surface area contributed by atoms with Crippen LogP contribution in [0.2, 0.25) is 0 Å². The number of hydrogen-bond acceptors (Lipinski definition) is 10. The summed E-state index contributed by atoms with van der Waals surface area (Å²) in [5.74, 6) is -0.357. The van der Waals surface area contributed by atoms with E-state index in [1.165, 1.54) is 26.4 Å². The topological polar surface area (TPSA) is 153 Å². The molecule has 3 rings (SSSR count). The van der Waals surface area contributed by atoms with Gasteiger partial charge in [0.15, 0.2) is 0 Å². The molecule has 1 aliphatic heterocycles. The van der Waals surface area contributed by atoms with Gasteiger partial charge in [0.1, 0.15) is 29.8 Å². The summed E-state index contributed by atoms with van der Waals surface area (Å²) in [6, 6.07) is 8.98. The zero-order valence-electron chi connectivity index (χ0n) is 21.6. The van der Waals surface area contributed by atoms with Gasteiger partial charge in [0, 0.05) is 17.8 Å². The Morgan fingerprint density at radius 1 is 0.919 bits per heavy atom. The highest BCUT2D eigenvalue weighted by molar-refractivity contribution is 5.96. The van der Waals surface area contributed by atoms with Crippen LogP contribution >= 0.6 is 0 Å². The predicted molar refractivity (Wildman–Crippen MR) is 136 cm³/mol. The van der Waals surface area contributed by atoms with Crippen molar-refractivity contribution in [2.45, 2.75) is 44.9 Å². The minimum Gasteiger partial charge on any atom is -0.491 e. The SMILES string of the molecule is COC(=O)c1cc(OCC2CC(Oc3ccc(N)c(C(=O)OC)c3)CN2C(=O)OC(C)(C)C)ccc1N. The van der Waals surface area contributed by atoms with E-state index in [9.17, 15) is 14.4 Å². The van der Waals surface area contributed by atoms with E-state index >= 15 is 0 Å². The zero-order chi connectivity index (χ0) is 27.3. The standard InChI is InChI=1S/C26H33N3O8/c1-26(2,3)37-25(32)29-13-18(36-17-7-9-22(28)20(12-17)24(31)34-5)10-15(29)14-35-16-6-8-21(27)19(11-16)23(30)33-4/h6-9,11-12,15,18H,10,13-14,27-28H2,1-5H3. The Balaban J connectivity index is 1.77. The van der Waals surface area contributed by atoms with Crippen molar-refractivity contribution in [1.82, 2.24) is 4.90 Å². The highest BCUT2D eigenvalue weighted by Crippen LogP contribution is 2.29. The van der Waals surface area contributed by atoms with E-state index in [1.54, 1.807) is 49.9 Å². The molecule has 0 bridgehead atoms. The summed E-state index contributed by atoms with van der Waals surface area (Å²) in [6.07, 6.45) is -0.490. The highest BCUT2D eigenvalue weighted by atomic mass is 16.6. The second-order valence-corrected chi connectivity index (χ2v) is 9.55. The Labute approximate surface area is 215 Å². The van der Waals surface area contributed by atoms with Crippen molar-refractivity contribution in [2.24, 2.45) is 0 Å². The second-order valence-electron chi connectivity index (χ2n) is 9.55. The molecule has 2 unspecified atom stereocenters. The molecule has 0 aliphatic carbocycles. The third-order valence-corrected chi connectivity index (χ3v) is 5.61. The second kappa shape index (κ2) is 11.3. The summed E-state index contributed by atoms with van der Waals surface area (Å²) in [4.78, 5) is 38.5. The first kappa shape index (κ1) is 27.4. The first-order valence-electron chi connectivity index (χ1n) is 11.7. The maximum atomic E-state index is 13.0. The van der Waals surface area contributed by atoms with Crippen molar-refractivity contribution in [3.05, 3.63) is 47.5 Å². The van der Waals surface area contributed by atoms with E-state index in [2.05, 4.69) is 0 Å². The normalized spacial score (nSPS) is 17.2. The first-order valence-corrected chi connectivity index (χ1v) is 11.7. The van der Waals surface area contributed by atoms with Gasteiger partial charge in [-0.25, -0.2) is 14.4 Å². The molecule has 2 aromatic rings. The van der Waals surface area contributed by atoms with Crippen molar-refractivity contribution < 1.29 is 38.1 Å². The van der Waals surface area contributed by atoms with Crippen LogP contribution in [0.4, 0.5) is 16.2 Å². The number of likely N-dealkylation sites (tertiary alicyclic amines) is 1. The van der Waals surface area contributed by atoms with Gasteiger partial charge in [-0.05, 0) is 57.2 Å². The van der Waals surface area contributed by atoms with E-state index in [-0.39, 0.29) is 35.7 Å². The number of amides is 1. The number of hydrogen-bond donors (Lipinski definition) is 2. The number of benzene rings is 2. The summed E-state index contributed by atoms with van der Waals surface area (Å²) in [5, 5.41) is 0. The number of methoxy groups -OCH3 is 2. The van der Waals surface area contributed by atoms with Crippen LogP contribution < -0.4 is 20.9 Å². The molecule has 2 atom stereocenters. The summed E-state index contributed by atoms with van der Waals surface area (Å²) in [5.41, 5.74) is 11.9. The molecule has 0 aromatic heterocycles. The molecule has 0 spiro atoms. The van der Waals surface area contributed by atoms with Crippen LogP contribution in [0.25, 0.3) is 0 Å². The van der Waals surface area contributed by atoms with Gasteiger partial charge in [0.05, 0.1) is 37.9 Å². The van der Waals surface area contributed by atoms with Crippen LogP contribution in [0.3, 0.4) is 0 Å². The molecule has 1 saturated heterocycles. The van der Waals surface area contributed by atoms with Crippen LogP contribution in [0.5, 0.6) is 11.5 Å². The Morgan fingerprint density at radius 2 is 1.46 bits per heavy atom. The van der Waals surface area contributed by atoms with Crippen LogP contribution in [-0.2, 0) is 14.2 Å². The fraction of sp³-hybridized carbons (Fsp3) is 0.423. The molecule has 1 aliphatic rings. The predicted octanol–water partition coefficient (Wildman–Crippen LogP) is 3.26. The molecule has 11 nitrogen and oxygen atoms in total. The summed E-state index contributed by atoms with van der Waals surface area (Å²) < 4.78 is 27.1. The lowest BCUT2D eigenvalue weighted by Crippen LogP contribution is -2.42. The van der Waals surface area contributed by atoms with Crippen molar-refractivity contribution >= 4 is 29.4 Å². The largest absolute Gasteiger partial charge is 0.491 e. The third kappa shape index (κ3) is 6.96. The zero-order valence-corrected chi connectivity index (χ0v) is 21.6. The fourth-order valence-electron chi connectivity index (χ4n) is 3.85. The summed E-state index contributed by atoms with van der Waals surface area (Å²) in [6.45, 7) is 5.69. The number of anilines is 2. The van der Waals surface area contributed by atoms with Crippen molar-refractivity contribution in [1.29, 1.82) is 0 Å². The molecular formula is C26H33N3O8. The van der Waals surface area contributed by atoms with Gasteiger partial charge in [0.2, 0.25) is 0 Å². The van der Waals surface area contributed by atoms with Gasteiger partial charge in [-0.3, -0.25) is 4.90 Å². The van der Waals surface area contributed by atoms with Gasteiger partial charge in [0.25, 0.3) is 0 Å². The average molecular weight is 516 g/mol. The number of ether oxygens (including phenoxy) is 5. The molecular weight excluding hydrogens is 482 g/mol. The molecule has 2 aromatic carbocycles. The Hall–Kier alpha value is -4.15. The van der Waals surface area contributed by atoms with Crippen LogP contribution in [0, 0.1) is 0 Å². The lowest BCUT2D eigenvalue weighted by atomic mass is 10.1. The van der Waals surface area contributed by atoms with E-state index in [0.29, 0.717) is 17.9 Å². The van der Waals surface area contributed by atoms with E-state index in [1.807, 2.05) is 0 Å². The van der Waals surface area contributed by atoms with E-state index in [0.717, 1.165) is 0 Å². The average Bonchev–Trinajstić information content (AvgIpc) is 3.25. The van der Waals surface area contributed by atoms with Gasteiger partial charge < -0.3 is 35.2 Å². The number of esters is 2. The lowest BCUT2D eigenvalue weighted by molar-refractivity contribution is 0.0176. The molecule has 0 saturated carbocycles. The lowest BCUT2D eigenvalue weighted by Gasteiger charge is -2.28. The van der Waals surface area contributed by atoms with Crippen LogP contribution in [-0.4, -0.2) is 68.0 Å². The number of carbonyl (C=O) groups is 3. The fourth-order valence-corrected chi connectivity index (χ4v) is 3.85. The number of nitrogen functional groups attached to an aromatic ring is 2. The molecule has 200 valence electrons. The molecule has 11 heteroatoms. The first-order chi connectivity index (χ1) is 17.4. The summed E-state index contributed by atoms with van der Waals surface area (Å²) in [7, 11) is 2.53. The highest BCUT2D eigenvalue weighted by Gasteiger charge is 2.39. The maximum Gasteiger partial charge on any atom is 0.410 e. The molecule has 1 amide bonds. The third-order valence-electron chi connectivity index (χ3n) is 5.61. The molecule has 37 heavy (non-hydrogen) atoms. The smallest absolute Gasteiger partial charge is 0.410 e. The van der Waals surface area contributed by atoms with Crippen LogP contribution in [0.1, 0.15) is 47.9 Å². The van der Waals surface area contributed by atoms with E-state index < -0.39 is 35.8 Å². The van der Waals surface area contributed by atoms with Crippen LogP contribution in [0.15, 0.2) is 36.4 Å². The molecule has 1 fully saturated rings. The molecule has 0 radical (unpaired) electrons. The maximum absolute atomic E-state index is 13.0. The molecule has 1 heterocycles. The summed E-state index contributed by atoms with van der Waals surface area (Å²) >= 11 is 0.